The van der Waals surface area contributed by atoms with E-state index in [9.17, 15) is 0 Å². The van der Waals surface area contributed by atoms with Gasteiger partial charge in [0.15, 0.2) is 0 Å². The van der Waals surface area contributed by atoms with Crippen LogP contribution in [0.3, 0.4) is 0 Å². The second-order valence-electron chi connectivity index (χ2n) is 3.32. The summed E-state index contributed by atoms with van der Waals surface area (Å²) >= 11 is 5.63. The standard InChI is InChI=1S/C12H10ClN4.Y/c1-2-14-11-5-3-4-6-17(11)9-10-7-15-12(13)16-8-10;/h3-8H,1,9H2;/q-1;. The van der Waals surface area contributed by atoms with Crippen LogP contribution in [0.1, 0.15) is 5.56 Å². The van der Waals surface area contributed by atoms with E-state index in [-0.39, 0.29) is 38.0 Å². The Balaban J connectivity index is 0.00000162. The zero-order valence-corrected chi connectivity index (χ0v) is 13.2. The van der Waals surface area contributed by atoms with Gasteiger partial charge in [0.05, 0.1) is 0 Å². The number of halogens is 1. The summed E-state index contributed by atoms with van der Waals surface area (Å²) in [6.07, 6.45) is 7.82. The van der Waals surface area contributed by atoms with Crippen molar-refractivity contribution in [2.75, 3.05) is 0 Å². The fourth-order valence-corrected chi connectivity index (χ4v) is 1.50. The number of aromatic nitrogens is 3. The van der Waals surface area contributed by atoms with Gasteiger partial charge in [0, 0.05) is 57.2 Å². The van der Waals surface area contributed by atoms with E-state index >= 15 is 0 Å². The van der Waals surface area contributed by atoms with Gasteiger partial charge in [0.2, 0.25) is 5.28 Å². The Kier molecular flexibility index (Phi) is 6.40. The summed E-state index contributed by atoms with van der Waals surface area (Å²) in [5, 5.41) is 0.246. The van der Waals surface area contributed by atoms with Gasteiger partial charge >= 0.3 is 0 Å². The molecule has 0 aliphatic heterocycles. The van der Waals surface area contributed by atoms with Crippen molar-refractivity contribution in [3.05, 3.63) is 65.9 Å². The zero-order valence-electron chi connectivity index (χ0n) is 9.62. The summed E-state index contributed by atoms with van der Waals surface area (Å²) in [6.45, 7) is 4.09. The molecule has 2 aromatic rings. The Bertz CT molecular complexity index is 577. The molecule has 2 heterocycles. The summed E-state index contributed by atoms with van der Waals surface area (Å²) < 4.78 is 1.95. The Labute approximate surface area is 135 Å². The molecule has 4 nitrogen and oxygen atoms in total. The van der Waals surface area contributed by atoms with Crippen LogP contribution in [0.15, 0.2) is 48.4 Å². The molecule has 2 aromatic heterocycles. The average Bonchev–Trinajstić information content (AvgIpc) is 2.35. The van der Waals surface area contributed by atoms with Crippen molar-refractivity contribution in [1.82, 2.24) is 14.5 Å². The number of nitrogens with zero attached hydrogens (tertiary/aromatic N) is 4. The van der Waals surface area contributed by atoms with Gasteiger partial charge in [-0.3, -0.25) is 0 Å². The van der Waals surface area contributed by atoms with Crippen LogP contribution in [0, 0.1) is 6.20 Å². The van der Waals surface area contributed by atoms with E-state index < -0.39 is 0 Å². The summed E-state index contributed by atoms with van der Waals surface area (Å²) in [4.78, 5) is 11.9. The van der Waals surface area contributed by atoms with E-state index in [0.29, 0.717) is 6.54 Å². The molecule has 0 saturated heterocycles. The molecule has 0 N–H and O–H groups in total. The van der Waals surface area contributed by atoms with Gasteiger partial charge in [-0.05, 0) is 29.4 Å². The quantitative estimate of drug-likeness (QED) is 0.635. The Hall–Kier alpha value is -0.836. The molecule has 0 aliphatic rings. The van der Waals surface area contributed by atoms with Crippen LogP contribution < -0.4 is 5.49 Å². The number of hydrogen-bond donors (Lipinski definition) is 0. The molecule has 18 heavy (non-hydrogen) atoms. The van der Waals surface area contributed by atoms with Crippen LogP contribution in [0.25, 0.3) is 0 Å². The van der Waals surface area contributed by atoms with E-state index in [2.05, 4.69) is 27.7 Å². The van der Waals surface area contributed by atoms with Crippen LogP contribution in [0.2, 0.25) is 5.28 Å². The molecule has 0 amide bonds. The van der Waals surface area contributed by atoms with Crippen LogP contribution in [0.4, 0.5) is 0 Å². The molecule has 0 unspecified atom stereocenters. The Morgan fingerprint density at radius 2 is 2.06 bits per heavy atom. The predicted molar refractivity (Wildman–Crippen MR) is 65.0 cm³/mol. The minimum Gasteiger partial charge on any atom is -0.438 e. The molecule has 0 bridgehead atoms. The van der Waals surface area contributed by atoms with Gasteiger partial charge < -0.3 is 9.56 Å². The fraction of sp³-hybridized carbons (Fsp3) is 0.0833. The van der Waals surface area contributed by atoms with Crippen molar-refractivity contribution in [1.29, 1.82) is 0 Å². The first-order valence-electron chi connectivity index (χ1n) is 4.97. The molecule has 1 radical (unpaired) electrons. The third kappa shape index (κ3) is 4.12. The van der Waals surface area contributed by atoms with E-state index in [4.69, 9.17) is 11.6 Å². The van der Waals surface area contributed by atoms with E-state index in [1.54, 1.807) is 12.4 Å². The van der Waals surface area contributed by atoms with Crippen LogP contribution >= 0.6 is 11.6 Å². The molecule has 0 saturated carbocycles. The largest absolute Gasteiger partial charge is 0.438 e. The fourth-order valence-electron chi connectivity index (χ4n) is 1.40. The minimum absolute atomic E-state index is 0. The van der Waals surface area contributed by atoms with E-state index in [1.165, 1.54) is 0 Å². The zero-order chi connectivity index (χ0) is 12.1. The normalized spacial score (nSPS) is 10.8. The second-order valence-corrected chi connectivity index (χ2v) is 3.66. The summed E-state index contributed by atoms with van der Waals surface area (Å²) in [6, 6.07) is 5.72. The maximum absolute atomic E-state index is 5.63. The van der Waals surface area contributed by atoms with Crippen molar-refractivity contribution in [3.8, 4) is 0 Å². The Morgan fingerprint density at radius 1 is 1.33 bits per heavy atom. The molecule has 0 atom stereocenters. The monoisotopic (exact) mass is 334 g/mol. The van der Waals surface area contributed by atoms with Gasteiger partial charge in [-0.15, -0.1) is 6.07 Å². The maximum atomic E-state index is 5.63. The Morgan fingerprint density at radius 3 is 2.72 bits per heavy atom. The smallest absolute Gasteiger partial charge is 0.222 e. The van der Waals surface area contributed by atoms with Gasteiger partial charge in [-0.25, -0.2) is 9.97 Å². The van der Waals surface area contributed by atoms with Gasteiger partial charge in [-0.1, -0.05) is 6.07 Å². The first-order valence-corrected chi connectivity index (χ1v) is 5.35. The molecule has 0 fully saturated rings. The van der Waals surface area contributed by atoms with Crippen molar-refractivity contribution in [2.24, 2.45) is 4.99 Å². The molecule has 6 heteroatoms. The first kappa shape index (κ1) is 15.2. The maximum Gasteiger partial charge on any atom is 0.222 e. The second kappa shape index (κ2) is 7.57. The van der Waals surface area contributed by atoms with Gasteiger partial charge in [0.25, 0.3) is 0 Å². The minimum atomic E-state index is 0. The topological polar surface area (TPSA) is 43.1 Å². The van der Waals surface area contributed by atoms with Crippen molar-refractivity contribution >= 4 is 11.6 Å². The molecule has 89 valence electrons. The molecule has 0 aliphatic carbocycles. The average molecular weight is 335 g/mol. The van der Waals surface area contributed by atoms with Gasteiger partial charge in [0.1, 0.15) is 0 Å². The number of rotatable bonds is 3. The molecule has 0 aromatic carbocycles. The molecular weight excluding hydrogens is 325 g/mol. The third-order valence-electron chi connectivity index (χ3n) is 2.14. The van der Waals surface area contributed by atoms with Crippen LogP contribution in [-0.4, -0.2) is 14.5 Å². The van der Waals surface area contributed by atoms with Crippen molar-refractivity contribution < 1.29 is 32.7 Å². The van der Waals surface area contributed by atoms with Crippen LogP contribution in [0.5, 0.6) is 0 Å². The van der Waals surface area contributed by atoms with Crippen molar-refractivity contribution in [2.45, 2.75) is 6.54 Å². The number of hydrogen-bond acceptors (Lipinski definition) is 3. The summed E-state index contributed by atoms with van der Waals surface area (Å²) in [7, 11) is 0. The molecular formula is C12H10ClN4Y-. The number of pyridine rings is 1. The predicted octanol–water partition coefficient (Wildman–Crippen LogP) is 1.82. The van der Waals surface area contributed by atoms with E-state index in [0.717, 1.165) is 11.1 Å². The van der Waals surface area contributed by atoms with E-state index in [1.807, 2.05) is 29.0 Å². The van der Waals surface area contributed by atoms with Gasteiger partial charge in [-0.2, -0.15) is 12.8 Å². The third-order valence-corrected chi connectivity index (χ3v) is 2.33. The first-order chi connectivity index (χ1) is 8.29. The molecule has 0 spiro atoms. The SMILES string of the molecule is C=[C-]N=c1ccccn1Cc1cnc(Cl)nc1.[Y]. The van der Waals surface area contributed by atoms with Crippen molar-refractivity contribution in [3.63, 3.8) is 0 Å². The molecule has 2 rings (SSSR count). The summed E-state index contributed by atoms with van der Waals surface area (Å²) in [5.41, 5.74) is 1.73. The summed E-state index contributed by atoms with van der Waals surface area (Å²) in [5.74, 6) is 0. The van der Waals surface area contributed by atoms with Crippen LogP contribution in [-0.2, 0) is 39.3 Å².